The van der Waals surface area contributed by atoms with Crippen molar-refractivity contribution in [1.82, 2.24) is 10.2 Å². The van der Waals surface area contributed by atoms with Gasteiger partial charge in [0.05, 0.1) is 12.3 Å². The van der Waals surface area contributed by atoms with Crippen LogP contribution in [-0.4, -0.2) is 21.9 Å². The van der Waals surface area contributed by atoms with Gasteiger partial charge < -0.3 is 9.84 Å². The number of para-hydroxylation sites is 1. The standard InChI is InChI=1S/C12H12N2O2/c1-2-16-12-8-7-10(13-14-12)9-5-3-4-6-11(9)15/h3-8,15H,2H2,1H3. The highest BCUT2D eigenvalue weighted by atomic mass is 16.5. The Labute approximate surface area is 93.5 Å². The maximum atomic E-state index is 9.64. The third-order valence-corrected chi connectivity index (χ3v) is 2.11. The van der Waals surface area contributed by atoms with E-state index in [1.165, 1.54) is 0 Å². The molecule has 0 unspecified atom stereocenters. The van der Waals surface area contributed by atoms with E-state index in [1.54, 1.807) is 30.3 Å². The number of hydrogen-bond acceptors (Lipinski definition) is 4. The van der Waals surface area contributed by atoms with Gasteiger partial charge in [0.25, 0.3) is 0 Å². The van der Waals surface area contributed by atoms with Crippen molar-refractivity contribution in [2.24, 2.45) is 0 Å². The summed E-state index contributed by atoms with van der Waals surface area (Å²) >= 11 is 0. The van der Waals surface area contributed by atoms with Crippen molar-refractivity contribution in [3.05, 3.63) is 36.4 Å². The van der Waals surface area contributed by atoms with Crippen LogP contribution in [0.2, 0.25) is 0 Å². The molecule has 0 aliphatic rings. The van der Waals surface area contributed by atoms with Gasteiger partial charge in [-0.3, -0.25) is 0 Å². The summed E-state index contributed by atoms with van der Waals surface area (Å²) in [6, 6.07) is 10.5. The Hall–Kier alpha value is -2.10. The van der Waals surface area contributed by atoms with E-state index < -0.39 is 0 Å². The number of ether oxygens (including phenoxy) is 1. The molecule has 0 aliphatic heterocycles. The molecule has 4 nitrogen and oxygen atoms in total. The molecule has 4 heteroatoms. The summed E-state index contributed by atoms with van der Waals surface area (Å²) in [5.74, 6) is 0.683. The van der Waals surface area contributed by atoms with Crippen LogP contribution >= 0.6 is 0 Å². The molecule has 0 saturated carbocycles. The molecule has 16 heavy (non-hydrogen) atoms. The summed E-state index contributed by atoms with van der Waals surface area (Å²) in [5, 5.41) is 17.5. The summed E-state index contributed by atoms with van der Waals surface area (Å²) in [6.45, 7) is 2.45. The molecular formula is C12H12N2O2. The molecule has 1 aromatic carbocycles. The predicted molar refractivity (Wildman–Crippen MR) is 60.3 cm³/mol. The Balaban J connectivity index is 2.31. The second kappa shape index (κ2) is 4.61. The van der Waals surface area contributed by atoms with Crippen LogP contribution in [0.4, 0.5) is 0 Å². The van der Waals surface area contributed by atoms with Crippen LogP contribution in [-0.2, 0) is 0 Å². The molecule has 1 N–H and O–H groups in total. The summed E-state index contributed by atoms with van der Waals surface area (Å²) in [4.78, 5) is 0. The van der Waals surface area contributed by atoms with Crippen molar-refractivity contribution in [3.63, 3.8) is 0 Å². The first kappa shape index (κ1) is 10.4. The average Bonchev–Trinajstić information content (AvgIpc) is 2.31. The van der Waals surface area contributed by atoms with Gasteiger partial charge in [0.15, 0.2) is 0 Å². The number of phenolic OH excluding ortho intramolecular Hbond substituents is 1. The Morgan fingerprint density at radius 1 is 1.12 bits per heavy atom. The lowest BCUT2D eigenvalue weighted by atomic mass is 10.1. The predicted octanol–water partition coefficient (Wildman–Crippen LogP) is 2.25. The lowest BCUT2D eigenvalue weighted by molar-refractivity contribution is 0.323. The van der Waals surface area contributed by atoms with Crippen LogP contribution < -0.4 is 4.74 Å². The normalized spacial score (nSPS) is 10.1. The van der Waals surface area contributed by atoms with Crippen LogP contribution in [0.25, 0.3) is 11.3 Å². The second-order valence-corrected chi connectivity index (χ2v) is 3.21. The minimum atomic E-state index is 0.195. The lowest BCUT2D eigenvalue weighted by Crippen LogP contribution is -1.96. The molecule has 0 amide bonds. The third kappa shape index (κ3) is 2.11. The first-order valence-corrected chi connectivity index (χ1v) is 5.06. The van der Waals surface area contributed by atoms with Crippen molar-refractivity contribution in [2.75, 3.05) is 6.61 Å². The van der Waals surface area contributed by atoms with E-state index in [0.717, 1.165) is 0 Å². The molecule has 1 heterocycles. The van der Waals surface area contributed by atoms with Crippen LogP contribution in [0.3, 0.4) is 0 Å². The monoisotopic (exact) mass is 216 g/mol. The zero-order valence-corrected chi connectivity index (χ0v) is 8.92. The van der Waals surface area contributed by atoms with Gasteiger partial charge in [0.2, 0.25) is 5.88 Å². The topological polar surface area (TPSA) is 55.2 Å². The van der Waals surface area contributed by atoms with Crippen molar-refractivity contribution in [1.29, 1.82) is 0 Å². The van der Waals surface area contributed by atoms with Crippen molar-refractivity contribution < 1.29 is 9.84 Å². The molecule has 0 fully saturated rings. The summed E-state index contributed by atoms with van der Waals surface area (Å²) in [6.07, 6.45) is 0. The molecule has 0 radical (unpaired) electrons. The Morgan fingerprint density at radius 2 is 1.94 bits per heavy atom. The number of aromatic hydroxyl groups is 1. The van der Waals surface area contributed by atoms with Gasteiger partial charge >= 0.3 is 0 Å². The summed E-state index contributed by atoms with van der Waals surface area (Å²) in [5.41, 5.74) is 1.29. The lowest BCUT2D eigenvalue weighted by Gasteiger charge is -2.04. The fourth-order valence-corrected chi connectivity index (χ4v) is 1.38. The van der Waals surface area contributed by atoms with E-state index in [0.29, 0.717) is 23.7 Å². The maximum Gasteiger partial charge on any atom is 0.233 e. The number of rotatable bonds is 3. The molecule has 82 valence electrons. The first-order chi connectivity index (χ1) is 7.81. The van der Waals surface area contributed by atoms with Crippen molar-refractivity contribution >= 4 is 0 Å². The van der Waals surface area contributed by atoms with E-state index >= 15 is 0 Å². The number of phenols is 1. The largest absolute Gasteiger partial charge is 0.507 e. The van der Waals surface area contributed by atoms with Gasteiger partial charge in [-0.1, -0.05) is 12.1 Å². The maximum absolute atomic E-state index is 9.64. The smallest absolute Gasteiger partial charge is 0.233 e. The first-order valence-electron chi connectivity index (χ1n) is 5.06. The highest BCUT2D eigenvalue weighted by Gasteiger charge is 2.05. The van der Waals surface area contributed by atoms with Gasteiger partial charge in [-0.05, 0) is 25.1 Å². The fraction of sp³-hybridized carbons (Fsp3) is 0.167. The molecule has 0 spiro atoms. The highest BCUT2D eigenvalue weighted by molar-refractivity contribution is 5.66. The minimum Gasteiger partial charge on any atom is -0.507 e. The van der Waals surface area contributed by atoms with Crippen LogP contribution in [0.5, 0.6) is 11.6 Å². The molecule has 0 atom stereocenters. The number of aromatic nitrogens is 2. The van der Waals surface area contributed by atoms with Crippen LogP contribution in [0.15, 0.2) is 36.4 Å². The Kier molecular flexibility index (Phi) is 3.00. The van der Waals surface area contributed by atoms with Crippen LogP contribution in [0.1, 0.15) is 6.92 Å². The van der Waals surface area contributed by atoms with Crippen molar-refractivity contribution in [2.45, 2.75) is 6.92 Å². The number of hydrogen-bond donors (Lipinski definition) is 1. The molecule has 1 aromatic heterocycles. The highest BCUT2D eigenvalue weighted by Crippen LogP contribution is 2.26. The van der Waals surface area contributed by atoms with Crippen molar-refractivity contribution in [3.8, 4) is 22.9 Å². The third-order valence-electron chi connectivity index (χ3n) is 2.11. The van der Waals surface area contributed by atoms with E-state index in [1.807, 2.05) is 13.0 Å². The second-order valence-electron chi connectivity index (χ2n) is 3.21. The van der Waals surface area contributed by atoms with Gasteiger partial charge in [0, 0.05) is 11.6 Å². The molecule has 2 aromatic rings. The van der Waals surface area contributed by atoms with E-state index in [-0.39, 0.29) is 5.75 Å². The van der Waals surface area contributed by atoms with E-state index in [2.05, 4.69) is 10.2 Å². The molecule has 0 bridgehead atoms. The average molecular weight is 216 g/mol. The van der Waals surface area contributed by atoms with E-state index in [4.69, 9.17) is 4.74 Å². The van der Waals surface area contributed by atoms with E-state index in [9.17, 15) is 5.11 Å². The van der Waals surface area contributed by atoms with Gasteiger partial charge in [0.1, 0.15) is 5.75 Å². The van der Waals surface area contributed by atoms with Gasteiger partial charge in [-0.25, -0.2) is 0 Å². The van der Waals surface area contributed by atoms with Gasteiger partial charge in [-0.2, -0.15) is 0 Å². The minimum absolute atomic E-state index is 0.195. The zero-order chi connectivity index (χ0) is 11.4. The van der Waals surface area contributed by atoms with Gasteiger partial charge in [-0.15, -0.1) is 10.2 Å². The summed E-state index contributed by atoms with van der Waals surface area (Å²) in [7, 11) is 0. The Bertz CT molecular complexity index is 469. The quantitative estimate of drug-likeness (QED) is 0.854. The molecule has 0 aliphatic carbocycles. The molecule has 0 saturated heterocycles. The Morgan fingerprint density at radius 3 is 2.56 bits per heavy atom. The van der Waals surface area contributed by atoms with Crippen LogP contribution in [0, 0.1) is 0 Å². The number of nitrogens with zero attached hydrogens (tertiary/aromatic N) is 2. The SMILES string of the molecule is CCOc1ccc(-c2ccccc2O)nn1. The number of benzene rings is 1. The fourth-order valence-electron chi connectivity index (χ4n) is 1.38. The molecule has 2 rings (SSSR count). The molecular weight excluding hydrogens is 204 g/mol. The zero-order valence-electron chi connectivity index (χ0n) is 8.92. The summed E-state index contributed by atoms with van der Waals surface area (Å²) < 4.78 is 5.19.